The Hall–Kier alpha value is -1.81. The summed E-state index contributed by atoms with van der Waals surface area (Å²) >= 11 is 0. The molecule has 0 aromatic heterocycles. The van der Waals surface area contributed by atoms with Crippen LogP contribution in [-0.4, -0.2) is 55.7 Å². The van der Waals surface area contributed by atoms with Crippen molar-refractivity contribution in [1.29, 1.82) is 0 Å². The van der Waals surface area contributed by atoms with Crippen molar-refractivity contribution in [2.24, 2.45) is 0 Å². The number of carbonyl (C=O) groups excluding carboxylic acids is 1. The van der Waals surface area contributed by atoms with Crippen molar-refractivity contribution in [3.8, 4) is 0 Å². The molecule has 0 aliphatic rings. The third-order valence-electron chi connectivity index (χ3n) is 10.5. The van der Waals surface area contributed by atoms with Crippen LogP contribution in [0.15, 0.2) is 48.6 Å². The molecule has 0 bridgehead atoms. The lowest BCUT2D eigenvalue weighted by molar-refractivity contribution is 0.0515. The Labute approximate surface area is 339 Å². The Morgan fingerprint density at radius 3 is 1.30 bits per heavy atom. The molecular weight excluding hydrogens is 661 g/mol. The van der Waals surface area contributed by atoms with E-state index in [0.29, 0.717) is 0 Å². The molecule has 0 aromatic rings. The standard InChI is InChI=1S/C50H94N2O2/c1-6-9-12-15-17-19-21-23-25-26-28-30-32-34-36-38-41-45-49(44-40-37-35-33-31-29-27-24-22-20-18-16-13-10-7-2)54-50(53)52(48-43-46-51(4)5)47-42-39-14-11-8-3/h11,14,17-20,23,25,49H,6-10,12-13,15-16,21-22,24,26-48H2,1-5H3/b14-11-,19-17-,20-18-,25-23-. The van der Waals surface area contributed by atoms with Crippen molar-refractivity contribution >= 4 is 6.09 Å². The van der Waals surface area contributed by atoms with Crippen LogP contribution in [0.3, 0.4) is 0 Å². The minimum absolute atomic E-state index is 0.0573. The monoisotopic (exact) mass is 755 g/mol. The van der Waals surface area contributed by atoms with Crippen LogP contribution in [0.5, 0.6) is 0 Å². The number of hydrogen-bond acceptors (Lipinski definition) is 3. The summed E-state index contributed by atoms with van der Waals surface area (Å²) in [7, 11) is 4.22. The molecule has 0 saturated heterocycles. The Morgan fingerprint density at radius 1 is 0.444 bits per heavy atom. The van der Waals surface area contributed by atoms with Gasteiger partial charge in [0.15, 0.2) is 0 Å². The van der Waals surface area contributed by atoms with Crippen LogP contribution in [0, 0.1) is 0 Å². The number of amides is 1. The van der Waals surface area contributed by atoms with Gasteiger partial charge in [-0.15, -0.1) is 0 Å². The van der Waals surface area contributed by atoms with E-state index < -0.39 is 0 Å². The number of allylic oxidation sites excluding steroid dienone is 8. The number of unbranched alkanes of at least 4 members (excludes halogenated alkanes) is 22. The van der Waals surface area contributed by atoms with E-state index in [9.17, 15) is 4.79 Å². The van der Waals surface area contributed by atoms with Gasteiger partial charge in [-0.05, 0) is 130 Å². The van der Waals surface area contributed by atoms with Gasteiger partial charge in [-0.1, -0.05) is 166 Å². The number of nitrogens with zero attached hydrogens (tertiary/aromatic N) is 2. The van der Waals surface area contributed by atoms with Crippen LogP contribution in [0.1, 0.15) is 226 Å². The second-order valence-corrected chi connectivity index (χ2v) is 16.3. The zero-order valence-electron chi connectivity index (χ0n) is 37.2. The summed E-state index contributed by atoms with van der Waals surface area (Å²) in [5.41, 5.74) is 0. The minimum Gasteiger partial charge on any atom is -0.446 e. The predicted octanol–water partition coefficient (Wildman–Crippen LogP) is 16.1. The predicted molar refractivity (Wildman–Crippen MR) is 242 cm³/mol. The van der Waals surface area contributed by atoms with Crippen molar-refractivity contribution in [2.45, 2.75) is 232 Å². The Morgan fingerprint density at radius 2 is 0.833 bits per heavy atom. The molecule has 54 heavy (non-hydrogen) atoms. The molecule has 1 amide bonds. The maximum atomic E-state index is 13.6. The van der Waals surface area contributed by atoms with E-state index >= 15 is 0 Å². The van der Waals surface area contributed by atoms with Crippen molar-refractivity contribution < 1.29 is 9.53 Å². The number of ether oxygens (including phenoxy) is 1. The number of hydrogen-bond donors (Lipinski definition) is 0. The molecule has 1 atom stereocenters. The fourth-order valence-corrected chi connectivity index (χ4v) is 7.02. The summed E-state index contributed by atoms with van der Waals surface area (Å²) in [6, 6.07) is 0. The van der Waals surface area contributed by atoms with E-state index in [4.69, 9.17) is 4.74 Å². The first-order chi connectivity index (χ1) is 26.5. The molecule has 316 valence electrons. The second-order valence-electron chi connectivity index (χ2n) is 16.3. The molecule has 0 heterocycles. The average molecular weight is 755 g/mol. The van der Waals surface area contributed by atoms with E-state index in [1.165, 1.54) is 161 Å². The molecule has 0 spiro atoms. The molecule has 4 nitrogen and oxygen atoms in total. The van der Waals surface area contributed by atoms with Gasteiger partial charge in [0.25, 0.3) is 0 Å². The highest BCUT2D eigenvalue weighted by Gasteiger charge is 2.20. The summed E-state index contributed by atoms with van der Waals surface area (Å²) in [6.07, 6.45) is 58.4. The number of carbonyl (C=O) groups is 1. The molecule has 4 heteroatoms. The summed E-state index contributed by atoms with van der Waals surface area (Å²) in [5.74, 6) is 0. The van der Waals surface area contributed by atoms with Crippen LogP contribution in [0.25, 0.3) is 0 Å². The quantitative estimate of drug-likeness (QED) is 0.0460. The van der Waals surface area contributed by atoms with E-state index in [-0.39, 0.29) is 12.2 Å². The second kappa shape index (κ2) is 43.9. The lowest BCUT2D eigenvalue weighted by Gasteiger charge is -2.26. The van der Waals surface area contributed by atoms with Gasteiger partial charge in [-0.2, -0.15) is 0 Å². The SMILES string of the molecule is CC/C=C\CCCN(CCCN(C)C)C(=O)OC(CCCCCCCCC/C=C\C/C=C\CCCCC)CCCCCCCCCC/C=C\CCCCC. The van der Waals surface area contributed by atoms with Gasteiger partial charge < -0.3 is 14.5 Å². The highest BCUT2D eigenvalue weighted by Crippen LogP contribution is 2.19. The Balaban J connectivity index is 4.58. The van der Waals surface area contributed by atoms with Crippen LogP contribution in [0.2, 0.25) is 0 Å². The van der Waals surface area contributed by atoms with Gasteiger partial charge in [0.2, 0.25) is 0 Å². The first-order valence-corrected chi connectivity index (χ1v) is 23.7. The van der Waals surface area contributed by atoms with Crippen LogP contribution < -0.4 is 0 Å². The number of rotatable bonds is 41. The van der Waals surface area contributed by atoms with Gasteiger partial charge in [0, 0.05) is 13.1 Å². The fraction of sp³-hybridized carbons (Fsp3) is 0.820. The van der Waals surface area contributed by atoms with Gasteiger partial charge in [0.1, 0.15) is 6.10 Å². The van der Waals surface area contributed by atoms with Crippen molar-refractivity contribution in [3.05, 3.63) is 48.6 Å². The van der Waals surface area contributed by atoms with Gasteiger partial charge in [0.05, 0.1) is 0 Å². The molecule has 0 aromatic carbocycles. The maximum absolute atomic E-state index is 13.6. The molecule has 0 aliphatic heterocycles. The van der Waals surface area contributed by atoms with Crippen LogP contribution >= 0.6 is 0 Å². The van der Waals surface area contributed by atoms with Crippen molar-refractivity contribution in [1.82, 2.24) is 9.80 Å². The summed E-state index contributed by atoms with van der Waals surface area (Å²) in [6.45, 7) is 9.27. The molecular formula is C50H94N2O2. The van der Waals surface area contributed by atoms with Crippen molar-refractivity contribution in [2.75, 3.05) is 33.7 Å². The normalized spacial score (nSPS) is 12.8. The van der Waals surface area contributed by atoms with Crippen molar-refractivity contribution in [3.63, 3.8) is 0 Å². The van der Waals surface area contributed by atoms with Gasteiger partial charge >= 0.3 is 6.09 Å². The first kappa shape index (κ1) is 52.2. The van der Waals surface area contributed by atoms with Crippen LogP contribution in [0.4, 0.5) is 4.79 Å². The van der Waals surface area contributed by atoms with E-state index in [1.54, 1.807) is 0 Å². The fourth-order valence-electron chi connectivity index (χ4n) is 7.02. The lowest BCUT2D eigenvalue weighted by atomic mass is 10.0. The molecule has 0 aliphatic carbocycles. The molecule has 0 fully saturated rings. The molecule has 0 N–H and O–H groups in total. The third-order valence-corrected chi connectivity index (χ3v) is 10.5. The van der Waals surface area contributed by atoms with Crippen LogP contribution in [-0.2, 0) is 4.74 Å². The van der Waals surface area contributed by atoms with Gasteiger partial charge in [-0.25, -0.2) is 4.79 Å². The highest BCUT2D eigenvalue weighted by molar-refractivity contribution is 5.67. The van der Waals surface area contributed by atoms with Gasteiger partial charge in [-0.3, -0.25) is 0 Å². The Bertz CT molecular complexity index is 876. The smallest absolute Gasteiger partial charge is 0.410 e. The summed E-state index contributed by atoms with van der Waals surface area (Å²) in [4.78, 5) is 17.8. The molecule has 0 saturated carbocycles. The molecule has 0 radical (unpaired) electrons. The lowest BCUT2D eigenvalue weighted by Crippen LogP contribution is -2.37. The van der Waals surface area contributed by atoms with E-state index in [2.05, 4.69) is 88.4 Å². The zero-order valence-corrected chi connectivity index (χ0v) is 37.2. The maximum Gasteiger partial charge on any atom is 0.410 e. The highest BCUT2D eigenvalue weighted by atomic mass is 16.6. The average Bonchev–Trinajstić information content (AvgIpc) is 3.16. The first-order valence-electron chi connectivity index (χ1n) is 23.7. The Kier molecular flexibility index (Phi) is 42.4. The topological polar surface area (TPSA) is 32.8 Å². The molecule has 1 unspecified atom stereocenters. The third kappa shape index (κ3) is 39.9. The largest absolute Gasteiger partial charge is 0.446 e. The van der Waals surface area contributed by atoms with E-state index in [1.807, 2.05) is 4.90 Å². The summed E-state index contributed by atoms with van der Waals surface area (Å²) in [5, 5.41) is 0. The zero-order chi connectivity index (χ0) is 39.4. The van der Waals surface area contributed by atoms with E-state index in [0.717, 1.165) is 64.6 Å². The minimum atomic E-state index is -0.0777. The summed E-state index contributed by atoms with van der Waals surface area (Å²) < 4.78 is 6.34. The molecule has 0 rings (SSSR count).